The minimum Gasteiger partial charge on any atom is -0.493 e. The van der Waals surface area contributed by atoms with Crippen molar-refractivity contribution in [2.45, 2.75) is 13.8 Å². The second-order valence-electron chi connectivity index (χ2n) is 6.05. The van der Waals surface area contributed by atoms with Crippen LogP contribution in [0, 0.1) is 6.92 Å². The van der Waals surface area contributed by atoms with E-state index < -0.39 is 0 Å². The zero-order chi connectivity index (χ0) is 21.1. The molecule has 2 aromatic rings. The first-order chi connectivity index (χ1) is 14.0. The summed E-state index contributed by atoms with van der Waals surface area (Å²) in [6.45, 7) is 4.07. The molecule has 0 aliphatic rings. The van der Waals surface area contributed by atoms with Crippen molar-refractivity contribution in [2.75, 3.05) is 26.9 Å². The van der Waals surface area contributed by atoms with Crippen molar-refractivity contribution in [2.24, 2.45) is 5.10 Å². The van der Waals surface area contributed by atoms with Crippen LogP contribution < -0.4 is 25.0 Å². The Morgan fingerprint density at radius 2 is 1.83 bits per heavy atom. The van der Waals surface area contributed by atoms with E-state index in [0.29, 0.717) is 29.4 Å². The van der Waals surface area contributed by atoms with E-state index in [0.717, 1.165) is 5.56 Å². The van der Waals surface area contributed by atoms with Gasteiger partial charge in [-0.3, -0.25) is 9.59 Å². The van der Waals surface area contributed by atoms with Gasteiger partial charge in [0.25, 0.3) is 11.8 Å². The Balaban J connectivity index is 1.86. The predicted octanol–water partition coefficient (Wildman–Crippen LogP) is 2.05. The summed E-state index contributed by atoms with van der Waals surface area (Å²) in [5, 5.41) is 6.56. The molecular weight excluding hydrogens is 374 g/mol. The molecule has 8 nitrogen and oxygen atoms in total. The molecule has 0 atom stereocenters. The van der Waals surface area contributed by atoms with E-state index >= 15 is 0 Å². The number of hydrazone groups is 1. The monoisotopic (exact) mass is 399 g/mol. The lowest BCUT2D eigenvalue weighted by Gasteiger charge is -2.11. The third-order valence-electron chi connectivity index (χ3n) is 3.68. The summed E-state index contributed by atoms with van der Waals surface area (Å²) in [5.74, 6) is 0.920. The lowest BCUT2D eigenvalue weighted by atomic mass is 10.2. The normalized spacial score (nSPS) is 10.4. The number of rotatable bonds is 10. The zero-order valence-electron chi connectivity index (χ0n) is 16.7. The Morgan fingerprint density at radius 1 is 1.03 bits per heavy atom. The van der Waals surface area contributed by atoms with Gasteiger partial charge >= 0.3 is 0 Å². The molecule has 2 rings (SSSR count). The number of ether oxygens (including phenoxy) is 3. The average molecular weight is 399 g/mol. The number of likely N-dealkylation sites (N-methyl/N-ethyl adjacent to an activating group) is 1. The SMILES string of the molecule is CCNC(=O)COc1ccc(/C=N/NC(=O)COc2cccc(C)c2)cc1OC. The molecule has 0 aliphatic carbocycles. The Morgan fingerprint density at radius 3 is 2.55 bits per heavy atom. The molecule has 0 radical (unpaired) electrons. The number of nitrogens with one attached hydrogen (secondary N) is 2. The third-order valence-corrected chi connectivity index (χ3v) is 3.68. The van der Waals surface area contributed by atoms with Crippen molar-refractivity contribution in [3.63, 3.8) is 0 Å². The van der Waals surface area contributed by atoms with E-state index in [-0.39, 0.29) is 25.0 Å². The summed E-state index contributed by atoms with van der Waals surface area (Å²) in [5.41, 5.74) is 4.14. The zero-order valence-corrected chi connectivity index (χ0v) is 16.7. The number of nitrogens with zero attached hydrogens (tertiary/aromatic N) is 1. The minimum absolute atomic E-state index is 0.103. The van der Waals surface area contributed by atoms with Gasteiger partial charge in [-0.15, -0.1) is 0 Å². The van der Waals surface area contributed by atoms with Crippen LogP contribution in [-0.4, -0.2) is 44.9 Å². The fourth-order valence-electron chi connectivity index (χ4n) is 2.34. The van der Waals surface area contributed by atoms with Gasteiger partial charge in [0.05, 0.1) is 13.3 Å². The maximum atomic E-state index is 11.8. The van der Waals surface area contributed by atoms with Gasteiger partial charge in [0, 0.05) is 6.54 Å². The van der Waals surface area contributed by atoms with Gasteiger partial charge in [-0.1, -0.05) is 12.1 Å². The molecule has 0 heterocycles. The lowest BCUT2D eigenvalue weighted by molar-refractivity contribution is -0.123. The Labute approximate surface area is 169 Å². The van der Waals surface area contributed by atoms with Crippen LogP contribution in [0.5, 0.6) is 17.2 Å². The number of carbonyl (C=O) groups is 2. The van der Waals surface area contributed by atoms with Gasteiger partial charge in [-0.05, 0) is 55.3 Å². The molecule has 0 aliphatic heterocycles. The van der Waals surface area contributed by atoms with E-state index in [1.54, 1.807) is 24.3 Å². The highest BCUT2D eigenvalue weighted by Gasteiger charge is 2.08. The van der Waals surface area contributed by atoms with Gasteiger partial charge in [-0.2, -0.15) is 5.10 Å². The number of amides is 2. The van der Waals surface area contributed by atoms with Crippen LogP contribution in [0.25, 0.3) is 0 Å². The van der Waals surface area contributed by atoms with Crippen LogP contribution in [0.4, 0.5) is 0 Å². The van der Waals surface area contributed by atoms with Crippen molar-refractivity contribution < 1.29 is 23.8 Å². The Hall–Kier alpha value is -3.55. The van der Waals surface area contributed by atoms with Crippen molar-refractivity contribution >= 4 is 18.0 Å². The van der Waals surface area contributed by atoms with Gasteiger partial charge in [-0.25, -0.2) is 5.43 Å². The van der Waals surface area contributed by atoms with E-state index in [1.807, 2.05) is 32.0 Å². The molecule has 0 saturated carbocycles. The van der Waals surface area contributed by atoms with Crippen molar-refractivity contribution in [3.05, 3.63) is 53.6 Å². The number of carbonyl (C=O) groups excluding carboxylic acids is 2. The van der Waals surface area contributed by atoms with Crippen LogP contribution in [0.2, 0.25) is 0 Å². The lowest BCUT2D eigenvalue weighted by Crippen LogP contribution is -2.28. The highest BCUT2D eigenvalue weighted by molar-refractivity contribution is 5.83. The molecular formula is C21H25N3O5. The first-order valence-electron chi connectivity index (χ1n) is 9.10. The molecule has 0 saturated heterocycles. The molecule has 0 bridgehead atoms. The molecule has 2 aromatic carbocycles. The minimum atomic E-state index is -0.378. The molecule has 0 aromatic heterocycles. The van der Waals surface area contributed by atoms with E-state index in [1.165, 1.54) is 13.3 Å². The molecule has 154 valence electrons. The van der Waals surface area contributed by atoms with Crippen molar-refractivity contribution in [3.8, 4) is 17.2 Å². The van der Waals surface area contributed by atoms with E-state index in [2.05, 4.69) is 15.8 Å². The highest BCUT2D eigenvalue weighted by atomic mass is 16.5. The maximum Gasteiger partial charge on any atom is 0.277 e. The third kappa shape index (κ3) is 7.53. The van der Waals surface area contributed by atoms with Crippen LogP contribution in [0.3, 0.4) is 0 Å². The van der Waals surface area contributed by atoms with Crippen molar-refractivity contribution in [1.29, 1.82) is 0 Å². The number of benzene rings is 2. The van der Waals surface area contributed by atoms with Crippen LogP contribution in [0.1, 0.15) is 18.1 Å². The fraction of sp³-hybridized carbons (Fsp3) is 0.286. The van der Waals surface area contributed by atoms with Crippen LogP contribution >= 0.6 is 0 Å². The fourth-order valence-corrected chi connectivity index (χ4v) is 2.34. The van der Waals surface area contributed by atoms with Crippen LogP contribution in [-0.2, 0) is 9.59 Å². The second-order valence-corrected chi connectivity index (χ2v) is 6.05. The number of hydrogen-bond donors (Lipinski definition) is 2. The maximum absolute atomic E-state index is 11.8. The predicted molar refractivity (Wildman–Crippen MR) is 110 cm³/mol. The summed E-state index contributed by atoms with van der Waals surface area (Å²) >= 11 is 0. The average Bonchev–Trinajstić information content (AvgIpc) is 2.71. The summed E-state index contributed by atoms with van der Waals surface area (Å²) < 4.78 is 16.1. The summed E-state index contributed by atoms with van der Waals surface area (Å²) in [6.07, 6.45) is 1.47. The van der Waals surface area contributed by atoms with Gasteiger partial charge < -0.3 is 19.5 Å². The summed E-state index contributed by atoms with van der Waals surface area (Å²) in [7, 11) is 1.50. The molecule has 2 amide bonds. The number of aryl methyl sites for hydroxylation is 1. The quantitative estimate of drug-likeness (QED) is 0.471. The summed E-state index contributed by atoms with van der Waals surface area (Å²) in [6, 6.07) is 12.5. The molecule has 2 N–H and O–H groups in total. The standard InChI is InChI=1S/C21H25N3O5/c1-4-22-20(25)13-29-18-9-8-16(11-19(18)27-3)12-23-24-21(26)14-28-17-7-5-6-15(2)10-17/h5-12H,4,13-14H2,1-3H3,(H,22,25)(H,24,26)/b23-12+. The van der Waals surface area contributed by atoms with E-state index in [4.69, 9.17) is 14.2 Å². The topological polar surface area (TPSA) is 98.2 Å². The Kier molecular flexibility index (Phi) is 8.50. The van der Waals surface area contributed by atoms with Crippen LogP contribution in [0.15, 0.2) is 47.6 Å². The first-order valence-corrected chi connectivity index (χ1v) is 9.10. The molecule has 8 heteroatoms. The van der Waals surface area contributed by atoms with Gasteiger partial charge in [0.2, 0.25) is 0 Å². The Bertz CT molecular complexity index is 867. The number of hydrogen-bond acceptors (Lipinski definition) is 6. The number of methoxy groups -OCH3 is 1. The second kappa shape index (κ2) is 11.3. The largest absolute Gasteiger partial charge is 0.493 e. The van der Waals surface area contributed by atoms with Crippen molar-refractivity contribution in [1.82, 2.24) is 10.7 Å². The van der Waals surface area contributed by atoms with Gasteiger partial charge in [0.15, 0.2) is 24.7 Å². The molecule has 0 fully saturated rings. The first kappa shape index (κ1) is 21.7. The molecule has 0 unspecified atom stereocenters. The smallest absolute Gasteiger partial charge is 0.277 e. The molecule has 0 spiro atoms. The highest BCUT2D eigenvalue weighted by Crippen LogP contribution is 2.27. The molecule has 29 heavy (non-hydrogen) atoms. The van der Waals surface area contributed by atoms with E-state index in [9.17, 15) is 9.59 Å². The van der Waals surface area contributed by atoms with Gasteiger partial charge in [0.1, 0.15) is 5.75 Å². The summed E-state index contributed by atoms with van der Waals surface area (Å²) in [4.78, 5) is 23.3.